The van der Waals surface area contributed by atoms with Crippen LogP contribution in [-0.2, 0) is 14.8 Å². The van der Waals surface area contributed by atoms with E-state index >= 15 is 0 Å². The van der Waals surface area contributed by atoms with Crippen LogP contribution in [0.3, 0.4) is 0 Å². The van der Waals surface area contributed by atoms with E-state index in [1.165, 1.54) is 0 Å². The first kappa shape index (κ1) is 17.3. The van der Waals surface area contributed by atoms with Crippen molar-refractivity contribution < 1.29 is 17.9 Å². The molecule has 0 fully saturated rings. The van der Waals surface area contributed by atoms with Crippen LogP contribution in [-0.4, -0.2) is 28.2 Å². The highest BCUT2D eigenvalue weighted by Crippen LogP contribution is 2.26. The minimum Gasteiger partial charge on any atom is -0.489 e. The van der Waals surface area contributed by atoms with Gasteiger partial charge < -0.3 is 9.47 Å². The fourth-order valence-corrected chi connectivity index (χ4v) is 3.02. The number of benzene rings is 2. The van der Waals surface area contributed by atoms with Gasteiger partial charge in [0.15, 0.2) is 0 Å². The molecule has 0 spiro atoms. The van der Waals surface area contributed by atoms with E-state index in [9.17, 15) is 8.42 Å². The predicted molar refractivity (Wildman–Crippen MR) is 90.4 cm³/mol. The highest BCUT2D eigenvalue weighted by atomic mass is 32.2. The Morgan fingerprint density at radius 1 is 1.00 bits per heavy atom. The normalized spacial score (nSPS) is 11.2. The summed E-state index contributed by atoms with van der Waals surface area (Å²) in [7, 11) is -3.65. The van der Waals surface area contributed by atoms with Crippen LogP contribution in [0.5, 0.6) is 5.75 Å². The molecule has 2 rings (SSSR count). The number of nitrogens with one attached hydrogen (secondary N) is 1. The lowest BCUT2D eigenvalue weighted by Gasteiger charge is -2.13. The summed E-state index contributed by atoms with van der Waals surface area (Å²) < 4.78 is 38.3. The third kappa shape index (κ3) is 4.97. The molecule has 0 aromatic heterocycles. The Hall–Kier alpha value is -2.05. The van der Waals surface area contributed by atoms with Gasteiger partial charge in [0.25, 0.3) is 10.0 Å². The number of rotatable bonds is 8. The largest absolute Gasteiger partial charge is 0.489 e. The maximum absolute atomic E-state index is 12.5. The number of hydrogen-bond donors (Lipinski definition) is 1. The van der Waals surface area contributed by atoms with Crippen molar-refractivity contribution in [1.82, 2.24) is 0 Å². The Balaban J connectivity index is 2.14. The van der Waals surface area contributed by atoms with E-state index < -0.39 is 10.0 Å². The summed E-state index contributed by atoms with van der Waals surface area (Å²) in [5.74, 6) is 0.475. The first-order chi connectivity index (χ1) is 11.0. The van der Waals surface area contributed by atoms with Crippen LogP contribution >= 0.6 is 0 Å². The van der Waals surface area contributed by atoms with E-state index in [0.717, 1.165) is 5.56 Å². The molecule has 0 saturated carbocycles. The number of hydrogen-bond acceptors (Lipinski definition) is 4. The van der Waals surface area contributed by atoms with Crippen molar-refractivity contribution in [2.24, 2.45) is 0 Å². The molecule has 2 aromatic carbocycles. The van der Waals surface area contributed by atoms with Gasteiger partial charge in [0, 0.05) is 6.61 Å². The van der Waals surface area contributed by atoms with E-state index in [1.807, 2.05) is 13.8 Å². The third-order valence-corrected chi connectivity index (χ3v) is 4.53. The van der Waals surface area contributed by atoms with Gasteiger partial charge in [0.2, 0.25) is 0 Å². The molecule has 0 unspecified atom stereocenters. The zero-order chi connectivity index (χ0) is 16.7. The average molecular weight is 335 g/mol. The highest BCUT2D eigenvalue weighted by Gasteiger charge is 2.16. The zero-order valence-corrected chi connectivity index (χ0v) is 14.1. The summed E-state index contributed by atoms with van der Waals surface area (Å²) in [5.41, 5.74) is 1.41. The summed E-state index contributed by atoms with van der Waals surface area (Å²) in [6.45, 7) is 5.24. The molecule has 5 nitrogen and oxygen atoms in total. The molecule has 0 amide bonds. The minimum absolute atomic E-state index is 0.215. The van der Waals surface area contributed by atoms with Crippen LogP contribution < -0.4 is 9.46 Å². The fraction of sp³-hybridized carbons (Fsp3) is 0.294. The highest BCUT2D eigenvalue weighted by molar-refractivity contribution is 7.92. The molecule has 6 heteroatoms. The van der Waals surface area contributed by atoms with E-state index in [4.69, 9.17) is 9.47 Å². The standard InChI is InChI=1S/C17H21NO4S/c1-3-21-12-13-22-17-7-5-4-6-16(17)18-23(19,20)15-10-8-14(2)9-11-15/h4-11,18H,3,12-13H2,1-2H3. The molecule has 2 aromatic rings. The van der Waals surface area contributed by atoms with Crippen molar-refractivity contribution in [3.63, 3.8) is 0 Å². The van der Waals surface area contributed by atoms with Gasteiger partial charge in [-0.3, -0.25) is 4.72 Å². The second kappa shape index (κ2) is 7.99. The molecule has 1 N–H and O–H groups in total. The van der Waals surface area contributed by atoms with Crippen molar-refractivity contribution >= 4 is 15.7 Å². The predicted octanol–water partition coefficient (Wildman–Crippen LogP) is 3.21. The van der Waals surface area contributed by atoms with Gasteiger partial charge in [-0.25, -0.2) is 8.42 Å². The van der Waals surface area contributed by atoms with Gasteiger partial charge in [-0.1, -0.05) is 29.8 Å². The SMILES string of the molecule is CCOCCOc1ccccc1NS(=O)(=O)c1ccc(C)cc1. The second-order valence-corrected chi connectivity index (χ2v) is 6.64. The van der Waals surface area contributed by atoms with Gasteiger partial charge in [-0.15, -0.1) is 0 Å². The van der Waals surface area contributed by atoms with Gasteiger partial charge in [-0.05, 0) is 38.1 Å². The number of ether oxygens (including phenoxy) is 2. The Morgan fingerprint density at radius 3 is 2.39 bits per heavy atom. The Bertz CT molecular complexity index is 727. The van der Waals surface area contributed by atoms with Crippen molar-refractivity contribution in [1.29, 1.82) is 0 Å². The summed E-state index contributed by atoms with van der Waals surface area (Å²) >= 11 is 0. The van der Waals surface area contributed by atoms with Crippen molar-refractivity contribution in [3.05, 3.63) is 54.1 Å². The number of para-hydroxylation sites is 2. The maximum atomic E-state index is 12.5. The first-order valence-electron chi connectivity index (χ1n) is 7.42. The fourth-order valence-electron chi connectivity index (χ4n) is 1.95. The van der Waals surface area contributed by atoms with Crippen LogP contribution in [0.15, 0.2) is 53.4 Å². The molecule has 0 radical (unpaired) electrons. The van der Waals surface area contributed by atoms with Gasteiger partial charge in [0.05, 0.1) is 17.2 Å². The van der Waals surface area contributed by atoms with E-state index in [-0.39, 0.29) is 4.90 Å². The van der Waals surface area contributed by atoms with Gasteiger partial charge >= 0.3 is 0 Å². The van der Waals surface area contributed by atoms with Crippen molar-refractivity contribution in [3.8, 4) is 5.75 Å². The Morgan fingerprint density at radius 2 is 1.70 bits per heavy atom. The Labute approximate surface area is 137 Å². The van der Waals surface area contributed by atoms with Crippen molar-refractivity contribution in [2.75, 3.05) is 24.5 Å². The smallest absolute Gasteiger partial charge is 0.262 e. The van der Waals surface area contributed by atoms with E-state index in [1.54, 1.807) is 48.5 Å². The lowest BCUT2D eigenvalue weighted by Crippen LogP contribution is -2.14. The first-order valence-corrected chi connectivity index (χ1v) is 8.90. The monoisotopic (exact) mass is 335 g/mol. The van der Waals surface area contributed by atoms with Crippen LogP contribution in [0.1, 0.15) is 12.5 Å². The van der Waals surface area contributed by atoms with Crippen LogP contribution in [0.4, 0.5) is 5.69 Å². The van der Waals surface area contributed by atoms with Gasteiger partial charge in [-0.2, -0.15) is 0 Å². The lowest BCUT2D eigenvalue weighted by atomic mass is 10.2. The molecule has 23 heavy (non-hydrogen) atoms. The molecular weight excluding hydrogens is 314 g/mol. The number of anilines is 1. The van der Waals surface area contributed by atoms with Crippen LogP contribution in [0.2, 0.25) is 0 Å². The molecule has 124 valence electrons. The molecule has 0 bridgehead atoms. The van der Waals surface area contributed by atoms with Crippen LogP contribution in [0, 0.1) is 6.92 Å². The summed E-state index contributed by atoms with van der Waals surface area (Å²) in [6.07, 6.45) is 0. The summed E-state index contributed by atoms with van der Waals surface area (Å²) in [5, 5.41) is 0. The van der Waals surface area contributed by atoms with Crippen LogP contribution in [0.25, 0.3) is 0 Å². The van der Waals surface area contributed by atoms with Crippen molar-refractivity contribution in [2.45, 2.75) is 18.7 Å². The zero-order valence-electron chi connectivity index (χ0n) is 13.3. The molecule has 0 atom stereocenters. The second-order valence-electron chi connectivity index (χ2n) is 4.96. The molecule has 0 saturated heterocycles. The summed E-state index contributed by atoms with van der Waals surface area (Å²) in [6, 6.07) is 13.6. The number of aryl methyl sites for hydroxylation is 1. The van der Waals surface area contributed by atoms with Gasteiger partial charge in [0.1, 0.15) is 12.4 Å². The topological polar surface area (TPSA) is 64.6 Å². The molecular formula is C17H21NO4S. The average Bonchev–Trinajstić information content (AvgIpc) is 2.53. The quantitative estimate of drug-likeness (QED) is 0.752. The maximum Gasteiger partial charge on any atom is 0.262 e. The lowest BCUT2D eigenvalue weighted by molar-refractivity contribution is 0.110. The molecule has 0 aliphatic heterocycles. The third-order valence-electron chi connectivity index (χ3n) is 3.15. The number of sulfonamides is 1. The van der Waals surface area contributed by atoms with E-state index in [2.05, 4.69) is 4.72 Å². The molecule has 0 heterocycles. The summed E-state index contributed by atoms with van der Waals surface area (Å²) in [4.78, 5) is 0.215. The molecule has 0 aliphatic rings. The molecule has 0 aliphatic carbocycles. The Kier molecular flexibility index (Phi) is 6.01. The van der Waals surface area contributed by atoms with E-state index in [0.29, 0.717) is 31.3 Å². The minimum atomic E-state index is -3.65.